The van der Waals surface area contributed by atoms with Gasteiger partial charge in [-0.15, -0.1) is 0 Å². The van der Waals surface area contributed by atoms with Crippen LogP contribution in [0.25, 0.3) is 0 Å². The zero-order valence-corrected chi connectivity index (χ0v) is 23.7. The van der Waals surface area contributed by atoms with Crippen LogP contribution in [0, 0.1) is 5.92 Å². The van der Waals surface area contributed by atoms with E-state index in [1.165, 1.54) is 18.7 Å². The average Bonchev–Trinajstić information content (AvgIpc) is 2.89. The molecule has 4 nitrogen and oxygen atoms in total. The zero-order valence-electron chi connectivity index (χ0n) is 20.5. The van der Waals surface area contributed by atoms with E-state index in [0.717, 1.165) is 72.0 Å². The van der Waals surface area contributed by atoms with E-state index >= 15 is 0 Å². The predicted octanol–water partition coefficient (Wildman–Crippen LogP) is 2.00. The van der Waals surface area contributed by atoms with Crippen molar-refractivity contribution >= 4 is 29.3 Å². The summed E-state index contributed by atoms with van der Waals surface area (Å²) >= 11 is 8.18. The minimum atomic E-state index is -0.736. The van der Waals surface area contributed by atoms with Crippen LogP contribution in [-0.2, 0) is 21.5 Å². The normalized spacial score (nSPS) is 28.1. The lowest BCUT2D eigenvalue weighted by molar-refractivity contribution is -0.946. The monoisotopic (exact) mass is 578 g/mol. The van der Waals surface area contributed by atoms with E-state index in [-0.39, 0.29) is 29.1 Å². The molecule has 2 atom stereocenters. The Hall–Kier alpha value is -1.05. The van der Waals surface area contributed by atoms with E-state index < -0.39 is 5.54 Å². The highest BCUT2D eigenvalue weighted by molar-refractivity contribution is 7.99. The second-order valence-corrected chi connectivity index (χ2v) is 12.1. The van der Waals surface area contributed by atoms with Crippen molar-refractivity contribution in [1.82, 2.24) is 4.90 Å². The van der Waals surface area contributed by atoms with Crippen LogP contribution in [0.3, 0.4) is 0 Å². The van der Waals surface area contributed by atoms with E-state index in [0.29, 0.717) is 5.92 Å². The maximum absolute atomic E-state index is 13.9. The predicted molar refractivity (Wildman–Crippen MR) is 140 cm³/mol. The van der Waals surface area contributed by atoms with Crippen molar-refractivity contribution < 1.29 is 31.0 Å². The van der Waals surface area contributed by atoms with Crippen molar-refractivity contribution in [1.29, 1.82) is 0 Å². The van der Waals surface area contributed by atoms with Gasteiger partial charge in [0.2, 0.25) is 0 Å². The molecule has 190 valence electrons. The Bertz CT molecular complexity index is 995. The number of piperidine rings is 3. The van der Waals surface area contributed by atoms with Gasteiger partial charge in [-0.1, -0.05) is 54.1 Å². The maximum atomic E-state index is 13.9. The number of carbonyl (C=O) groups excluding carboxylic acids is 1. The molecule has 0 amide bonds. The minimum absolute atomic E-state index is 0. The molecule has 4 saturated heterocycles. The first-order chi connectivity index (χ1) is 16.5. The lowest BCUT2D eigenvalue weighted by atomic mass is 9.82. The summed E-state index contributed by atoms with van der Waals surface area (Å²) in [5.74, 6) is 2.54. The standard InChI is InChI=1S/C28H36ClN2O2S.BrH/c1-28(24-7-3-2-4-8-24,30-13-18-34-19-14-30)27(32)33-26-21-31(16-11-23(26)12-17-31)15-10-22-6-5-9-25(29)20-22;/h2-9,20,23,26H,10-19,21H2,1H3;1H/q+1;/p-1/t23?,26-,28?,31?;/m0./s1. The van der Waals surface area contributed by atoms with Crippen molar-refractivity contribution in [2.45, 2.75) is 37.8 Å². The van der Waals surface area contributed by atoms with Gasteiger partial charge in [-0.3, -0.25) is 4.90 Å². The molecular weight excluding hydrogens is 544 g/mol. The summed E-state index contributed by atoms with van der Waals surface area (Å²) in [6.45, 7) is 8.32. The van der Waals surface area contributed by atoms with Crippen molar-refractivity contribution in [3.05, 3.63) is 70.7 Å². The second kappa shape index (κ2) is 11.6. The molecule has 0 radical (unpaired) electrons. The van der Waals surface area contributed by atoms with E-state index in [9.17, 15) is 4.79 Å². The number of halogens is 2. The molecule has 6 rings (SSSR count). The van der Waals surface area contributed by atoms with Gasteiger partial charge in [0.15, 0.2) is 6.10 Å². The largest absolute Gasteiger partial charge is 1.00 e. The van der Waals surface area contributed by atoms with Crippen molar-refractivity contribution in [2.75, 3.05) is 50.8 Å². The number of hydrogen-bond donors (Lipinski definition) is 0. The molecule has 1 unspecified atom stereocenters. The topological polar surface area (TPSA) is 29.5 Å². The maximum Gasteiger partial charge on any atom is 0.331 e. The van der Waals surface area contributed by atoms with Gasteiger partial charge in [0.05, 0.1) is 19.6 Å². The van der Waals surface area contributed by atoms with Crippen LogP contribution in [0.2, 0.25) is 5.02 Å². The first-order valence-corrected chi connectivity index (χ1v) is 14.2. The fourth-order valence-electron chi connectivity index (χ4n) is 6.18. The summed E-state index contributed by atoms with van der Waals surface area (Å²) in [5.41, 5.74) is 1.60. The van der Waals surface area contributed by atoms with Gasteiger partial charge in [0.25, 0.3) is 0 Å². The quantitative estimate of drug-likeness (QED) is 0.371. The van der Waals surface area contributed by atoms with Crippen LogP contribution in [0.5, 0.6) is 0 Å². The molecule has 2 bridgehead atoms. The Morgan fingerprint density at radius 3 is 2.51 bits per heavy atom. The van der Waals surface area contributed by atoms with Crippen LogP contribution in [0.4, 0.5) is 0 Å². The third kappa shape index (κ3) is 5.77. The summed E-state index contributed by atoms with van der Waals surface area (Å²) in [6.07, 6.45) is 3.32. The van der Waals surface area contributed by atoms with E-state index in [2.05, 4.69) is 36.1 Å². The number of nitrogens with zero attached hydrogens (tertiary/aromatic N) is 2. The van der Waals surface area contributed by atoms with E-state index in [1.807, 2.05) is 42.1 Å². The highest BCUT2D eigenvalue weighted by Crippen LogP contribution is 2.38. The third-order valence-electron chi connectivity index (χ3n) is 8.44. The Kier molecular flexibility index (Phi) is 8.91. The molecule has 0 spiro atoms. The number of esters is 1. The zero-order chi connectivity index (χ0) is 23.6. The number of quaternary nitrogens is 1. The molecule has 4 heterocycles. The van der Waals surface area contributed by atoms with Gasteiger partial charge < -0.3 is 26.2 Å². The highest BCUT2D eigenvalue weighted by Gasteiger charge is 2.50. The summed E-state index contributed by atoms with van der Waals surface area (Å²) in [7, 11) is 0. The summed E-state index contributed by atoms with van der Waals surface area (Å²) < 4.78 is 7.53. The number of ether oxygens (including phenoxy) is 1. The van der Waals surface area contributed by atoms with Gasteiger partial charge in [-0.25, -0.2) is 4.79 Å². The Morgan fingerprint density at radius 2 is 1.83 bits per heavy atom. The first-order valence-electron chi connectivity index (χ1n) is 12.7. The molecule has 0 aliphatic carbocycles. The van der Waals surface area contributed by atoms with Crippen LogP contribution < -0.4 is 17.0 Å². The third-order valence-corrected chi connectivity index (χ3v) is 9.62. The van der Waals surface area contributed by atoms with Crippen LogP contribution in [0.15, 0.2) is 54.6 Å². The summed E-state index contributed by atoms with van der Waals surface area (Å²) in [5, 5.41) is 0.804. The molecule has 4 fully saturated rings. The molecule has 4 aliphatic heterocycles. The van der Waals surface area contributed by atoms with Gasteiger partial charge in [-0.05, 0) is 30.2 Å². The number of thioether (sulfide) groups is 1. The molecule has 0 aromatic heterocycles. The smallest absolute Gasteiger partial charge is 0.331 e. The molecule has 35 heavy (non-hydrogen) atoms. The number of benzene rings is 2. The van der Waals surface area contributed by atoms with Gasteiger partial charge in [0, 0.05) is 54.8 Å². The Labute approximate surface area is 229 Å². The Balaban J connectivity index is 0.00000289. The molecule has 2 aromatic rings. The number of hydrogen-bond acceptors (Lipinski definition) is 4. The SMILES string of the molecule is CC(C(=O)O[C@H]1C[N+]2(CCc3cccc(Cl)c3)CCC1CC2)(c1ccccc1)N1CCSCC1.[Br-]. The molecular formula is C28H36BrClN2O2S. The van der Waals surface area contributed by atoms with Gasteiger partial charge in [0.1, 0.15) is 12.1 Å². The number of rotatable bonds is 7. The number of fused-ring (bicyclic) bond motifs is 3. The second-order valence-electron chi connectivity index (χ2n) is 10.4. The van der Waals surface area contributed by atoms with Crippen LogP contribution in [-0.4, -0.2) is 72.2 Å². The fraction of sp³-hybridized carbons (Fsp3) is 0.536. The van der Waals surface area contributed by atoms with Crippen molar-refractivity contribution in [3.8, 4) is 0 Å². The lowest BCUT2D eigenvalue weighted by Crippen LogP contribution is -3.00. The van der Waals surface area contributed by atoms with Crippen molar-refractivity contribution in [3.63, 3.8) is 0 Å². The average molecular weight is 580 g/mol. The Morgan fingerprint density at radius 1 is 1.11 bits per heavy atom. The van der Waals surface area contributed by atoms with Gasteiger partial charge >= 0.3 is 5.97 Å². The van der Waals surface area contributed by atoms with E-state index in [4.69, 9.17) is 16.3 Å². The summed E-state index contributed by atoms with van der Waals surface area (Å²) in [6, 6.07) is 18.5. The summed E-state index contributed by atoms with van der Waals surface area (Å²) in [4.78, 5) is 16.3. The lowest BCUT2D eigenvalue weighted by Gasteiger charge is -2.52. The molecule has 2 aromatic carbocycles. The van der Waals surface area contributed by atoms with Crippen molar-refractivity contribution in [2.24, 2.45) is 5.92 Å². The first kappa shape index (κ1) is 27.0. The number of carbonyl (C=O) groups is 1. The van der Waals surface area contributed by atoms with E-state index in [1.54, 1.807) is 0 Å². The molecule has 0 saturated carbocycles. The minimum Gasteiger partial charge on any atom is -1.00 e. The molecule has 7 heteroatoms. The highest BCUT2D eigenvalue weighted by atomic mass is 79.9. The van der Waals surface area contributed by atoms with Gasteiger partial charge in [-0.2, -0.15) is 11.8 Å². The van der Waals surface area contributed by atoms with Crippen LogP contribution in [0.1, 0.15) is 30.9 Å². The molecule has 0 N–H and O–H groups in total. The molecule has 4 aliphatic rings. The van der Waals surface area contributed by atoms with Crippen LogP contribution >= 0.6 is 23.4 Å². The fourth-order valence-corrected chi connectivity index (χ4v) is 7.30.